The third-order valence-electron chi connectivity index (χ3n) is 8.06. The van der Waals surface area contributed by atoms with Crippen molar-refractivity contribution in [3.63, 3.8) is 0 Å². The molecule has 208 valence electrons. The number of ether oxygens (including phenoxy) is 2. The van der Waals surface area contributed by atoms with Gasteiger partial charge in [0.25, 0.3) is 0 Å². The van der Waals surface area contributed by atoms with E-state index in [1.807, 2.05) is 33.1 Å². The molecule has 7 unspecified atom stereocenters. The van der Waals surface area contributed by atoms with Gasteiger partial charge < -0.3 is 19.7 Å². The highest BCUT2D eigenvalue weighted by atomic mass is 35.5. The number of ketones is 1. The average molecular weight is 556 g/mol. The minimum Gasteiger partial charge on any atom is -0.456 e. The van der Waals surface area contributed by atoms with E-state index in [1.165, 1.54) is 11.3 Å². The van der Waals surface area contributed by atoms with Crippen LogP contribution < -0.4 is 0 Å². The lowest BCUT2D eigenvalue weighted by atomic mass is 9.71. The van der Waals surface area contributed by atoms with E-state index in [9.17, 15) is 19.8 Å². The molecule has 2 fully saturated rings. The first-order valence-corrected chi connectivity index (χ1v) is 14.6. The quantitative estimate of drug-likeness (QED) is 0.376. The van der Waals surface area contributed by atoms with Crippen molar-refractivity contribution in [2.75, 3.05) is 0 Å². The van der Waals surface area contributed by atoms with Crippen LogP contribution in [0.3, 0.4) is 0 Å². The number of Topliss-reactive ketones (excluding diaryl/α,β-unsaturated/α-hetero) is 1. The number of cyclic esters (lactones) is 1. The fraction of sp³-hybridized carbons (Fsp3) is 0.750. The van der Waals surface area contributed by atoms with E-state index >= 15 is 0 Å². The summed E-state index contributed by atoms with van der Waals surface area (Å²) in [5.41, 5.74) is -0.903. The third kappa shape index (κ3) is 7.41. The van der Waals surface area contributed by atoms with Gasteiger partial charge in [-0.3, -0.25) is 9.59 Å². The van der Waals surface area contributed by atoms with Gasteiger partial charge in [0.05, 0.1) is 51.5 Å². The molecule has 37 heavy (non-hydrogen) atoms. The predicted molar refractivity (Wildman–Crippen MR) is 145 cm³/mol. The number of nitrogens with zero attached hydrogens (tertiary/aromatic N) is 1. The van der Waals surface area contributed by atoms with Gasteiger partial charge in [-0.15, -0.1) is 11.3 Å². The number of carbonyl (C=O) groups is 2. The molecule has 2 aliphatic rings. The molecule has 0 radical (unpaired) electrons. The summed E-state index contributed by atoms with van der Waals surface area (Å²) in [5.74, 6) is -1.57. The number of thiazole rings is 1. The molecular formula is C28H42ClNO6S. The van der Waals surface area contributed by atoms with Crippen LogP contribution in [0.2, 0.25) is 0 Å². The Morgan fingerprint density at radius 3 is 2.62 bits per heavy atom. The van der Waals surface area contributed by atoms with E-state index in [2.05, 4.69) is 4.98 Å². The molecule has 0 saturated carbocycles. The predicted octanol–water partition coefficient (Wildman–Crippen LogP) is 5.43. The molecule has 0 bridgehead atoms. The number of fused-ring (bicyclic) bond motifs is 1. The van der Waals surface area contributed by atoms with Gasteiger partial charge in [-0.2, -0.15) is 0 Å². The number of aliphatic hydroxyl groups excluding tert-OH is 2. The molecule has 3 rings (SSSR count). The van der Waals surface area contributed by atoms with Crippen molar-refractivity contribution < 1.29 is 29.3 Å². The second-order valence-electron chi connectivity index (χ2n) is 11.5. The Morgan fingerprint density at radius 1 is 1.30 bits per heavy atom. The number of halogens is 1. The Morgan fingerprint density at radius 2 is 2.00 bits per heavy atom. The van der Waals surface area contributed by atoms with Crippen LogP contribution in [0, 0.1) is 24.2 Å². The van der Waals surface area contributed by atoms with Gasteiger partial charge in [-0.1, -0.05) is 52.1 Å². The Labute approximate surface area is 229 Å². The first kappa shape index (κ1) is 30.2. The van der Waals surface area contributed by atoms with Gasteiger partial charge in [-0.05, 0) is 45.1 Å². The van der Waals surface area contributed by atoms with Crippen molar-refractivity contribution >= 4 is 40.8 Å². The Balaban J connectivity index is 1.88. The highest BCUT2D eigenvalue weighted by Gasteiger charge is 2.53. The Hall–Kier alpha value is -1.32. The number of epoxide rings is 1. The summed E-state index contributed by atoms with van der Waals surface area (Å²) < 4.78 is 11.8. The number of rotatable bonds is 4. The highest BCUT2D eigenvalue weighted by molar-refractivity contribution is 7.09. The van der Waals surface area contributed by atoms with Gasteiger partial charge in [-0.25, -0.2) is 4.98 Å². The summed E-state index contributed by atoms with van der Waals surface area (Å²) in [6.45, 7) is 11.2. The minimum atomic E-state index is -1.27. The summed E-state index contributed by atoms with van der Waals surface area (Å²) in [6, 6.07) is 0. The van der Waals surface area contributed by atoms with Crippen molar-refractivity contribution in [3.05, 3.63) is 21.1 Å². The number of esters is 1. The van der Waals surface area contributed by atoms with Crippen LogP contribution in [-0.2, 0) is 19.1 Å². The summed E-state index contributed by atoms with van der Waals surface area (Å²) in [4.78, 5) is 31.0. The monoisotopic (exact) mass is 555 g/mol. The Bertz CT molecular complexity index is 993. The van der Waals surface area contributed by atoms with Gasteiger partial charge in [0, 0.05) is 17.7 Å². The lowest BCUT2D eigenvalue weighted by Gasteiger charge is -2.36. The van der Waals surface area contributed by atoms with Crippen molar-refractivity contribution in [1.82, 2.24) is 4.98 Å². The fourth-order valence-electron chi connectivity index (χ4n) is 5.27. The number of hydrogen-bond acceptors (Lipinski definition) is 8. The van der Waals surface area contributed by atoms with Gasteiger partial charge in [0.15, 0.2) is 0 Å². The third-order valence-corrected chi connectivity index (χ3v) is 9.20. The first-order chi connectivity index (χ1) is 17.3. The van der Waals surface area contributed by atoms with Crippen LogP contribution in [0.4, 0.5) is 0 Å². The number of aryl methyl sites for hydroxylation is 1. The van der Waals surface area contributed by atoms with Crippen LogP contribution in [0.25, 0.3) is 6.08 Å². The van der Waals surface area contributed by atoms with E-state index < -0.39 is 35.6 Å². The molecule has 2 aliphatic heterocycles. The number of hydrogen-bond donors (Lipinski definition) is 2. The summed E-state index contributed by atoms with van der Waals surface area (Å²) >= 11 is 8.15. The second-order valence-corrected chi connectivity index (χ2v) is 13.0. The fourth-order valence-corrected chi connectivity index (χ4v) is 6.09. The van der Waals surface area contributed by atoms with Crippen LogP contribution in [-0.4, -0.2) is 57.0 Å². The molecule has 3 heterocycles. The van der Waals surface area contributed by atoms with Crippen LogP contribution in [0.15, 0.2) is 10.4 Å². The van der Waals surface area contributed by atoms with Gasteiger partial charge in [0.2, 0.25) is 0 Å². The molecule has 1 aromatic rings. The SMILES string of the molecule is CCCC1C(=O)C(C)(C)C(O)CC(=O)OC(/C(Cl)=C/c2csc(C)n2)CC2OC2(C)CCCC(C)C1O. The molecule has 7 atom stereocenters. The van der Waals surface area contributed by atoms with E-state index in [0.717, 1.165) is 30.7 Å². The lowest BCUT2D eigenvalue weighted by Crippen LogP contribution is -2.46. The maximum absolute atomic E-state index is 13.6. The first-order valence-electron chi connectivity index (χ1n) is 13.4. The largest absolute Gasteiger partial charge is 0.456 e. The summed E-state index contributed by atoms with van der Waals surface area (Å²) in [7, 11) is 0. The highest BCUT2D eigenvalue weighted by Crippen LogP contribution is 2.45. The molecule has 0 amide bonds. The van der Waals surface area contributed by atoms with E-state index in [0.29, 0.717) is 23.6 Å². The number of carbonyl (C=O) groups excluding carboxylic acids is 2. The smallest absolute Gasteiger partial charge is 0.309 e. The minimum absolute atomic E-state index is 0.0844. The molecule has 0 aliphatic carbocycles. The van der Waals surface area contributed by atoms with Crippen LogP contribution in [0.1, 0.15) is 90.3 Å². The second kappa shape index (κ2) is 12.2. The molecule has 2 N–H and O–H groups in total. The van der Waals surface area contributed by atoms with Crippen molar-refractivity contribution in [2.24, 2.45) is 17.3 Å². The molecule has 0 aromatic carbocycles. The van der Waals surface area contributed by atoms with Crippen molar-refractivity contribution in [1.29, 1.82) is 0 Å². The maximum atomic E-state index is 13.6. The maximum Gasteiger partial charge on any atom is 0.309 e. The lowest BCUT2D eigenvalue weighted by molar-refractivity contribution is -0.154. The molecule has 9 heteroatoms. The van der Waals surface area contributed by atoms with Crippen LogP contribution >= 0.6 is 22.9 Å². The van der Waals surface area contributed by atoms with Gasteiger partial charge in [0.1, 0.15) is 11.9 Å². The zero-order valence-electron chi connectivity index (χ0n) is 22.8. The van der Waals surface area contributed by atoms with E-state index in [4.69, 9.17) is 21.1 Å². The Kier molecular flexibility index (Phi) is 10.0. The van der Waals surface area contributed by atoms with Crippen LogP contribution in [0.5, 0.6) is 0 Å². The molecule has 2 saturated heterocycles. The zero-order chi connectivity index (χ0) is 27.5. The molecule has 7 nitrogen and oxygen atoms in total. The standard InChI is InChI=1S/C28H42ClNO6S/c1-7-9-19-25(33)16(2)10-8-11-28(6)23(36-28)13-21(20(29)12-18-15-37-17(3)30-18)35-24(32)14-22(31)27(4,5)26(19)34/h12,15-16,19,21-23,25,31,33H,7-11,13-14H2,1-6H3/b20-12-. The van der Waals surface area contributed by atoms with Gasteiger partial charge >= 0.3 is 5.97 Å². The topological polar surface area (TPSA) is 109 Å². The van der Waals surface area contributed by atoms with E-state index in [1.54, 1.807) is 19.9 Å². The van der Waals surface area contributed by atoms with Crippen molar-refractivity contribution in [2.45, 2.75) is 117 Å². The zero-order valence-corrected chi connectivity index (χ0v) is 24.4. The molecular weight excluding hydrogens is 514 g/mol. The van der Waals surface area contributed by atoms with E-state index in [-0.39, 0.29) is 29.8 Å². The molecule has 0 spiro atoms. The number of aromatic nitrogens is 1. The number of aliphatic hydroxyl groups is 2. The normalized spacial score (nSPS) is 36.1. The van der Waals surface area contributed by atoms with Crippen molar-refractivity contribution in [3.8, 4) is 0 Å². The molecule has 1 aromatic heterocycles. The average Bonchev–Trinajstić information content (AvgIpc) is 3.27. The summed E-state index contributed by atoms with van der Waals surface area (Å²) in [6.07, 6.45) is 2.38. The summed E-state index contributed by atoms with van der Waals surface area (Å²) in [5, 5.41) is 25.3.